The Labute approximate surface area is 88.4 Å². The molecule has 0 bridgehead atoms. The van der Waals surface area contributed by atoms with Gasteiger partial charge in [-0.3, -0.25) is 4.98 Å². The van der Waals surface area contributed by atoms with Crippen molar-refractivity contribution in [2.75, 3.05) is 12.4 Å². The first kappa shape index (κ1) is 9.58. The fourth-order valence-electron chi connectivity index (χ4n) is 1.37. The Kier molecular flexibility index (Phi) is 2.58. The van der Waals surface area contributed by atoms with Crippen molar-refractivity contribution in [2.45, 2.75) is 6.92 Å². The average Bonchev–Trinajstić information content (AvgIpc) is 2.30. The van der Waals surface area contributed by atoms with Crippen molar-refractivity contribution < 1.29 is 0 Å². The zero-order valence-electron chi connectivity index (χ0n) is 8.73. The highest BCUT2D eigenvalue weighted by Gasteiger charge is 2.03. The molecule has 0 saturated heterocycles. The highest BCUT2D eigenvalue weighted by molar-refractivity contribution is 5.62. The number of hydrogen-bond acceptors (Lipinski definition) is 4. The predicted octanol–water partition coefficient (Wildman–Crippen LogP) is 1.89. The molecule has 15 heavy (non-hydrogen) atoms. The quantitative estimate of drug-likeness (QED) is 0.804. The third-order valence-electron chi connectivity index (χ3n) is 2.22. The topological polar surface area (TPSA) is 50.7 Å². The van der Waals surface area contributed by atoms with Crippen LogP contribution in [0.4, 0.5) is 5.82 Å². The number of nitrogens with zero attached hydrogens (tertiary/aromatic N) is 3. The fraction of sp³-hybridized carbons (Fsp3) is 0.182. The number of aryl methyl sites for hydroxylation is 1. The molecule has 0 unspecified atom stereocenters. The minimum Gasteiger partial charge on any atom is -0.372 e. The molecule has 0 amide bonds. The second-order valence-electron chi connectivity index (χ2n) is 3.24. The maximum absolute atomic E-state index is 4.14. The average molecular weight is 200 g/mol. The van der Waals surface area contributed by atoms with Crippen LogP contribution in [0, 0.1) is 6.92 Å². The Morgan fingerprint density at radius 3 is 2.60 bits per heavy atom. The molecule has 1 N–H and O–H groups in total. The summed E-state index contributed by atoms with van der Waals surface area (Å²) in [6, 6.07) is 5.79. The summed E-state index contributed by atoms with van der Waals surface area (Å²) in [5.74, 6) is 0.769. The van der Waals surface area contributed by atoms with E-state index in [2.05, 4.69) is 20.5 Å². The molecule has 0 aromatic carbocycles. The molecule has 0 saturated carbocycles. The first-order valence-corrected chi connectivity index (χ1v) is 4.73. The van der Waals surface area contributed by atoms with Gasteiger partial charge < -0.3 is 5.32 Å². The van der Waals surface area contributed by atoms with Gasteiger partial charge in [0.25, 0.3) is 0 Å². The summed E-state index contributed by atoms with van der Waals surface area (Å²) in [5.41, 5.74) is 3.04. The molecule has 2 rings (SSSR count). The van der Waals surface area contributed by atoms with Crippen LogP contribution in [-0.4, -0.2) is 22.2 Å². The van der Waals surface area contributed by atoms with E-state index in [9.17, 15) is 0 Å². The fourth-order valence-corrected chi connectivity index (χ4v) is 1.37. The zero-order chi connectivity index (χ0) is 10.7. The molecule has 4 nitrogen and oxygen atoms in total. The van der Waals surface area contributed by atoms with Gasteiger partial charge >= 0.3 is 0 Å². The van der Waals surface area contributed by atoms with Crippen LogP contribution in [0.3, 0.4) is 0 Å². The molecule has 2 aromatic rings. The van der Waals surface area contributed by atoms with E-state index in [1.165, 1.54) is 0 Å². The van der Waals surface area contributed by atoms with Gasteiger partial charge in [0, 0.05) is 25.0 Å². The Morgan fingerprint density at radius 2 is 2.00 bits per heavy atom. The van der Waals surface area contributed by atoms with Crippen molar-refractivity contribution in [3.05, 3.63) is 36.2 Å². The normalized spacial score (nSPS) is 10.0. The summed E-state index contributed by atoms with van der Waals surface area (Å²) >= 11 is 0. The number of anilines is 1. The van der Waals surface area contributed by atoms with Crippen molar-refractivity contribution in [2.24, 2.45) is 0 Å². The van der Waals surface area contributed by atoms with Crippen LogP contribution < -0.4 is 5.32 Å². The summed E-state index contributed by atoms with van der Waals surface area (Å²) in [6.45, 7) is 2.01. The lowest BCUT2D eigenvalue weighted by Crippen LogP contribution is -1.96. The van der Waals surface area contributed by atoms with Crippen LogP contribution in [0.2, 0.25) is 0 Å². The van der Waals surface area contributed by atoms with Gasteiger partial charge in [0.1, 0.15) is 5.82 Å². The van der Waals surface area contributed by atoms with E-state index in [-0.39, 0.29) is 0 Å². The van der Waals surface area contributed by atoms with Gasteiger partial charge in [-0.25, -0.2) is 0 Å². The Balaban J connectivity index is 2.42. The molecule has 0 aliphatic heterocycles. The maximum atomic E-state index is 4.14. The van der Waals surface area contributed by atoms with E-state index < -0.39 is 0 Å². The molecular formula is C11H12N4. The van der Waals surface area contributed by atoms with E-state index in [0.717, 1.165) is 22.6 Å². The summed E-state index contributed by atoms with van der Waals surface area (Å²) in [6.07, 6.45) is 3.58. The van der Waals surface area contributed by atoms with E-state index >= 15 is 0 Å². The molecule has 0 atom stereocenters. The highest BCUT2D eigenvalue weighted by atomic mass is 15.2. The SMILES string of the molecule is CNc1ccc(-c2ccncc2C)nn1. The van der Waals surface area contributed by atoms with Crippen molar-refractivity contribution >= 4 is 5.82 Å². The van der Waals surface area contributed by atoms with Crippen LogP contribution in [-0.2, 0) is 0 Å². The minimum absolute atomic E-state index is 0.769. The van der Waals surface area contributed by atoms with Crippen molar-refractivity contribution in [3.8, 4) is 11.3 Å². The number of nitrogens with one attached hydrogen (secondary N) is 1. The molecule has 2 aromatic heterocycles. The summed E-state index contributed by atoms with van der Waals surface area (Å²) in [4.78, 5) is 4.04. The number of hydrogen-bond donors (Lipinski definition) is 1. The lowest BCUT2D eigenvalue weighted by molar-refractivity contribution is 1.03. The summed E-state index contributed by atoms with van der Waals surface area (Å²) in [5, 5.41) is 11.1. The number of rotatable bonds is 2. The van der Waals surface area contributed by atoms with E-state index in [0.29, 0.717) is 0 Å². The zero-order valence-corrected chi connectivity index (χ0v) is 8.73. The van der Waals surface area contributed by atoms with Crippen LogP contribution >= 0.6 is 0 Å². The monoisotopic (exact) mass is 200 g/mol. The number of pyridine rings is 1. The first-order chi connectivity index (χ1) is 7.31. The second kappa shape index (κ2) is 4.04. The maximum Gasteiger partial charge on any atom is 0.148 e. The van der Waals surface area contributed by atoms with Crippen LogP contribution in [0.15, 0.2) is 30.6 Å². The smallest absolute Gasteiger partial charge is 0.148 e. The van der Waals surface area contributed by atoms with Gasteiger partial charge in [-0.1, -0.05) is 0 Å². The Bertz CT molecular complexity index is 450. The molecule has 4 heteroatoms. The molecular weight excluding hydrogens is 188 g/mol. The Hall–Kier alpha value is -1.97. The van der Waals surface area contributed by atoms with E-state index in [1.807, 2.05) is 38.4 Å². The van der Waals surface area contributed by atoms with Crippen molar-refractivity contribution in [3.63, 3.8) is 0 Å². The molecule has 0 aliphatic rings. The van der Waals surface area contributed by atoms with Crippen molar-refractivity contribution in [1.29, 1.82) is 0 Å². The highest BCUT2D eigenvalue weighted by Crippen LogP contribution is 2.19. The standard InChI is InChI=1S/C11H12N4/c1-8-7-13-6-5-9(8)10-3-4-11(12-2)15-14-10/h3-7H,1-2H3,(H,12,15). The van der Waals surface area contributed by atoms with Gasteiger partial charge in [0.2, 0.25) is 0 Å². The molecule has 0 fully saturated rings. The molecule has 2 heterocycles. The number of aromatic nitrogens is 3. The van der Waals surface area contributed by atoms with Crippen LogP contribution in [0.5, 0.6) is 0 Å². The second-order valence-corrected chi connectivity index (χ2v) is 3.24. The van der Waals surface area contributed by atoms with Crippen LogP contribution in [0.25, 0.3) is 11.3 Å². The van der Waals surface area contributed by atoms with Crippen LogP contribution in [0.1, 0.15) is 5.56 Å². The van der Waals surface area contributed by atoms with Gasteiger partial charge in [-0.2, -0.15) is 0 Å². The van der Waals surface area contributed by atoms with Gasteiger partial charge in [0.15, 0.2) is 0 Å². The molecule has 0 spiro atoms. The summed E-state index contributed by atoms with van der Waals surface area (Å²) < 4.78 is 0. The lowest BCUT2D eigenvalue weighted by Gasteiger charge is -2.04. The third-order valence-corrected chi connectivity index (χ3v) is 2.22. The Morgan fingerprint density at radius 1 is 1.13 bits per heavy atom. The molecule has 0 aliphatic carbocycles. The third kappa shape index (κ3) is 1.93. The molecule has 0 radical (unpaired) electrons. The van der Waals surface area contributed by atoms with Gasteiger partial charge in [-0.05, 0) is 30.7 Å². The van der Waals surface area contributed by atoms with E-state index in [1.54, 1.807) is 6.20 Å². The minimum atomic E-state index is 0.769. The predicted molar refractivity (Wildman–Crippen MR) is 59.5 cm³/mol. The molecule has 76 valence electrons. The van der Waals surface area contributed by atoms with Gasteiger partial charge in [-0.15, -0.1) is 10.2 Å². The van der Waals surface area contributed by atoms with Gasteiger partial charge in [0.05, 0.1) is 5.69 Å². The summed E-state index contributed by atoms with van der Waals surface area (Å²) in [7, 11) is 1.82. The lowest BCUT2D eigenvalue weighted by atomic mass is 10.1. The largest absolute Gasteiger partial charge is 0.372 e. The van der Waals surface area contributed by atoms with E-state index in [4.69, 9.17) is 0 Å². The first-order valence-electron chi connectivity index (χ1n) is 4.73. The van der Waals surface area contributed by atoms with Crippen molar-refractivity contribution in [1.82, 2.24) is 15.2 Å².